The quantitative estimate of drug-likeness (QED) is 0.850. The minimum Gasteiger partial charge on any atom is -0.389 e. The Labute approximate surface area is 110 Å². The van der Waals surface area contributed by atoms with E-state index < -0.39 is 0 Å². The molecule has 5 heteroatoms. The number of nitrogens with zero attached hydrogens (tertiary/aromatic N) is 2. The number of rotatable bonds is 2. The lowest BCUT2D eigenvalue weighted by atomic mass is 10.2. The predicted octanol–water partition coefficient (Wildman–Crippen LogP) is 2.78. The van der Waals surface area contributed by atoms with Gasteiger partial charge in [-0.25, -0.2) is 4.68 Å². The first kappa shape index (κ1) is 12.1. The lowest BCUT2D eigenvalue weighted by Gasteiger charge is -2.08. The molecule has 88 valence electrons. The molecule has 0 radical (unpaired) electrons. The van der Waals surface area contributed by atoms with Crippen molar-refractivity contribution >= 4 is 28.8 Å². The molecule has 17 heavy (non-hydrogen) atoms. The van der Waals surface area contributed by atoms with Crippen LogP contribution in [0.2, 0.25) is 5.02 Å². The van der Waals surface area contributed by atoms with Gasteiger partial charge in [0.2, 0.25) is 0 Å². The normalized spacial score (nSPS) is 10.5. The first-order valence-corrected chi connectivity index (χ1v) is 5.90. The molecule has 2 rings (SSSR count). The zero-order valence-electron chi connectivity index (χ0n) is 9.57. The van der Waals surface area contributed by atoms with E-state index in [4.69, 9.17) is 29.6 Å². The Morgan fingerprint density at radius 1 is 1.35 bits per heavy atom. The Kier molecular flexibility index (Phi) is 3.17. The number of hydrogen-bond donors (Lipinski definition) is 1. The van der Waals surface area contributed by atoms with Crippen molar-refractivity contribution in [3.8, 4) is 5.69 Å². The average Bonchev–Trinajstić information content (AvgIpc) is 2.57. The largest absolute Gasteiger partial charge is 0.389 e. The van der Waals surface area contributed by atoms with Crippen LogP contribution in [0.4, 0.5) is 0 Å². The van der Waals surface area contributed by atoms with E-state index in [0.29, 0.717) is 10.0 Å². The van der Waals surface area contributed by atoms with Gasteiger partial charge in [0.05, 0.1) is 16.4 Å². The smallest absolute Gasteiger partial charge is 0.104 e. The maximum absolute atomic E-state index is 6.21. The van der Waals surface area contributed by atoms with E-state index in [9.17, 15) is 0 Å². The molecule has 0 aliphatic carbocycles. The fourth-order valence-corrected chi connectivity index (χ4v) is 2.09. The SMILES string of the molecule is Cc1cc(C)n(-c2ccc(C(N)=S)cc2Cl)n1. The van der Waals surface area contributed by atoms with Gasteiger partial charge in [-0.3, -0.25) is 0 Å². The first-order valence-electron chi connectivity index (χ1n) is 5.12. The Balaban J connectivity index is 2.54. The van der Waals surface area contributed by atoms with Crippen LogP contribution in [0, 0.1) is 13.8 Å². The molecular weight excluding hydrogens is 254 g/mol. The van der Waals surface area contributed by atoms with Crippen LogP contribution >= 0.6 is 23.8 Å². The molecular formula is C12H12ClN3S. The van der Waals surface area contributed by atoms with Crippen LogP contribution in [0.25, 0.3) is 5.69 Å². The molecule has 1 aromatic heterocycles. The Bertz CT molecular complexity index is 589. The molecule has 0 spiro atoms. The second kappa shape index (κ2) is 4.47. The summed E-state index contributed by atoms with van der Waals surface area (Å²) in [6, 6.07) is 7.48. The van der Waals surface area contributed by atoms with Gasteiger partial charge in [0.25, 0.3) is 0 Å². The van der Waals surface area contributed by atoms with Gasteiger partial charge in [0.1, 0.15) is 4.99 Å². The molecule has 3 nitrogen and oxygen atoms in total. The Hall–Kier alpha value is -1.39. The minimum atomic E-state index is 0.340. The van der Waals surface area contributed by atoms with Crippen LogP contribution in [0.15, 0.2) is 24.3 Å². The fraction of sp³-hybridized carbons (Fsp3) is 0.167. The Morgan fingerprint density at radius 2 is 2.06 bits per heavy atom. The van der Waals surface area contributed by atoms with Gasteiger partial charge < -0.3 is 5.73 Å². The van der Waals surface area contributed by atoms with Gasteiger partial charge in [-0.2, -0.15) is 5.10 Å². The predicted molar refractivity (Wildman–Crippen MR) is 73.9 cm³/mol. The van der Waals surface area contributed by atoms with Gasteiger partial charge in [-0.05, 0) is 38.1 Å². The van der Waals surface area contributed by atoms with Crippen molar-refractivity contribution in [2.45, 2.75) is 13.8 Å². The molecule has 0 fully saturated rings. The zero-order valence-corrected chi connectivity index (χ0v) is 11.1. The molecule has 0 aliphatic heterocycles. The van der Waals surface area contributed by atoms with Crippen molar-refractivity contribution < 1.29 is 0 Å². The second-order valence-electron chi connectivity index (χ2n) is 3.87. The summed E-state index contributed by atoms with van der Waals surface area (Å²) in [4.78, 5) is 0.340. The summed E-state index contributed by atoms with van der Waals surface area (Å²) in [5.74, 6) is 0. The molecule has 0 bridgehead atoms. The van der Waals surface area contributed by atoms with E-state index in [2.05, 4.69) is 5.10 Å². The highest BCUT2D eigenvalue weighted by atomic mass is 35.5. The van der Waals surface area contributed by atoms with Crippen LogP contribution in [0.1, 0.15) is 17.0 Å². The summed E-state index contributed by atoms with van der Waals surface area (Å²) in [7, 11) is 0. The monoisotopic (exact) mass is 265 g/mol. The molecule has 0 saturated carbocycles. The van der Waals surface area contributed by atoms with E-state index in [1.807, 2.05) is 32.0 Å². The number of hydrogen-bond acceptors (Lipinski definition) is 2. The average molecular weight is 266 g/mol. The van der Waals surface area contributed by atoms with Crippen molar-refractivity contribution in [3.05, 3.63) is 46.2 Å². The van der Waals surface area contributed by atoms with Crippen molar-refractivity contribution in [1.82, 2.24) is 9.78 Å². The first-order chi connectivity index (χ1) is 7.99. The molecule has 0 atom stereocenters. The minimum absolute atomic E-state index is 0.340. The molecule has 0 amide bonds. The van der Waals surface area contributed by atoms with E-state index in [1.54, 1.807) is 10.7 Å². The lowest BCUT2D eigenvalue weighted by molar-refractivity contribution is 0.834. The number of halogens is 1. The molecule has 2 aromatic rings. The second-order valence-corrected chi connectivity index (χ2v) is 4.72. The maximum Gasteiger partial charge on any atom is 0.104 e. The standard InChI is InChI=1S/C12H12ClN3S/c1-7-5-8(2)16(15-7)11-4-3-9(12(14)17)6-10(11)13/h3-6H,1-2H3,(H2,14,17). The highest BCUT2D eigenvalue weighted by Crippen LogP contribution is 2.23. The fourth-order valence-electron chi connectivity index (χ4n) is 1.70. The van der Waals surface area contributed by atoms with Crippen molar-refractivity contribution in [3.63, 3.8) is 0 Å². The van der Waals surface area contributed by atoms with Gasteiger partial charge in [-0.1, -0.05) is 23.8 Å². The summed E-state index contributed by atoms with van der Waals surface area (Å²) >= 11 is 11.1. The molecule has 1 aromatic carbocycles. The van der Waals surface area contributed by atoms with Crippen LogP contribution in [0.3, 0.4) is 0 Å². The Morgan fingerprint density at radius 3 is 2.53 bits per heavy atom. The third-order valence-electron chi connectivity index (χ3n) is 2.47. The summed E-state index contributed by atoms with van der Waals surface area (Å²) in [6.45, 7) is 3.93. The summed E-state index contributed by atoms with van der Waals surface area (Å²) in [6.07, 6.45) is 0. The highest BCUT2D eigenvalue weighted by molar-refractivity contribution is 7.80. The topological polar surface area (TPSA) is 43.8 Å². The number of thiocarbonyl (C=S) groups is 1. The summed E-state index contributed by atoms with van der Waals surface area (Å²) < 4.78 is 1.81. The van der Waals surface area contributed by atoms with E-state index in [-0.39, 0.29) is 0 Å². The van der Waals surface area contributed by atoms with Crippen LogP contribution in [0.5, 0.6) is 0 Å². The molecule has 0 aliphatic rings. The van der Waals surface area contributed by atoms with E-state index in [1.165, 1.54) is 0 Å². The van der Waals surface area contributed by atoms with Crippen molar-refractivity contribution in [1.29, 1.82) is 0 Å². The van der Waals surface area contributed by atoms with E-state index in [0.717, 1.165) is 22.6 Å². The number of benzene rings is 1. The van der Waals surface area contributed by atoms with Gasteiger partial charge >= 0.3 is 0 Å². The third kappa shape index (κ3) is 2.33. The zero-order chi connectivity index (χ0) is 12.6. The summed E-state index contributed by atoms with van der Waals surface area (Å²) in [5.41, 5.74) is 9.14. The van der Waals surface area contributed by atoms with E-state index >= 15 is 0 Å². The van der Waals surface area contributed by atoms with Gasteiger partial charge in [0.15, 0.2) is 0 Å². The van der Waals surface area contributed by atoms with Gasteiger partial charge in [0, 0.05) is 11.3 Å². The lowest BCUT2D eigenvalue weighted by Crippen LogP contribution is -2.10. The van der Waals surface area contributed by atoms with Crippen LogP contribution in [-0.4, -0.2) is 14.8 Å². The molecule has 2 N–H and O–H groups in total. The maximum atomic E-state index is 6.21. The van der Waals surface area contributed by atoms with Crippen LogP contribution in [-0.2, 0) is 0 Å². The van der Waals surface area contributed by atoms with Crippen molar-refractivity contribution in [2.24, 2.45) is 5.73 Å². The number of nitrogens with two attached hydrogens (primary N) is 1. The van der Waals surface area contributed by atoms with Gasteiger partial charge in [-0.15, -0.1) is 0 Å². The number of aromatic nitrogens is 2. The number of aryl methyl sites for hydroxylation is 2. The highest BCUT2D eigenvalue weighted by Gasteiger charge is 2.09. The molecule has 0 unspecified atom stereocenters. The van der Waals surface area contributed by atoms with Crippen LogP contribution < -0.4 is 5.73 Å². The summed E-state index contributed by atoms with van der Waals surface area (Å²) in [5, 5.41) is 4.97. The molecule has 0 saturated heterocycles. The van der Waals surface area contributed by atoms with Crippen molar-refractivity contribution in [2.75, 3.05) is 0 Å². The third-order valence-corrected chi connectivity index (χ3v) is 3.01. The molecule has 1 heterocycles.